The molecule has 0 radical (unpaired) electrons. The quantitative estimate of drug-likeness (QED) is 0.110. The topological polar surface area (TPSA) is 106 Å². The van der Waals surface area contributed by atoms with E-state index in [1.807, 2.05) is 112 Å². The third-order valence-corrected chi connectivity index (χ3v) is 8.58. The van der Waals surface area contributed by atoms with Crippen LogP contribution in [0.25, 0.3) is 0 Å². The summed E-state index contributed by atoms with van der Waals surface area (Å²) in [6.07, 6.45) is 0. The Morgan fingerprint density at radius 1 is 0.383 bits per heavy atom. The van der Waals surface area contributed by atoms with Crippen LogP contribution in [-0.4, -0.2) is 0 Å². The van der Waals surface area contributed by atoms with Gasteiger partial charge in [-0.1, -0.05) is 36.4 Å². The van der Waals surface area contributed by atoms with E-state index in [0.717, 1.165) is 67.9 Å². The van der Waals surface area contributed by atoms with Crippen LogP contribution in [0.3, 0.4) is 0 Å². The Morgan fingerprint density at radius 3 is 0.872 bits per heavy atom. The summed E-state index contributed by atoms with van der Waals surface area (Å²) in [5.74, 6) is 4.55. The lowest BCUT2D eigenvalue weighted by Gasteiger charge is -2.32. The van der Waals surface area contributed by atoms with Crippen molar-refractivity contribution in [2.75, 3.05) is 17.2 Å². The largest absolute Gasteiger partial charge is 0.457 e. The van der Waals surface area contributed by atoms with Crippen molar-refractivity contribution in [3.63, 3.8) is 0 Å². The molecule has 0 saturated carbocycles. The molecular weight excluding hydrogens is 582 g/mol. The van der Waals surface area contributed by atoms with Gasteiger partial charge in [0.2, 0.25) is 0 Å². The van der Waals surface area contributed by atoms with E-state index < -0.39 is 5.41 Å². The van der Waals surface area contributed by atoms with Crippen molar-refractivity contribution in [2.24, 2.45) is 0 Å². The van der Waals surface area contributed by atoms with Gasteiger partial charge in [-0.3, -0.25) is 0 Å². The van der Waals surface area contributed by atoms with E-state index in [1.54, 1.807) is 0 Å². The fourth-order valence-electron chi connectivity index (χ4n) is 5.81. The predicted molar refractivity (Wildman–Crippen MR) is 192 cm³/mol. The molecule has 6 aromatic carbocycles. The van der Waals surface area contributed by atoms with Crippen LogP contribution in [0, 0.1) is 20.8 Å². The lowest BCUT2D eigenvalue weighted by molar-refractivity contribution is 0.477. The van der Waals surface area contributed by atoms with Crippen LogP contribution < -0.4 is 31.4 Å². The first kappa shape index (κ1) is 31.1. The van der Waals surface area contributed by atoms with Gasteiger partial charge in [0.15, 0.2) is 0 Å². The second-order valence-electron chi connectivity index (χ2n) is 12.1. The highest BCUT2D eigenvalue weighted by molar-refractivity contribution is 5.55. The highest BCUT2D eigenvalue weighted by Crippen LogP contribution is 2.42. The molecule has 236 valence electrons. The number of anilines is 3. The Balaban J connectivity index is 1.33. The molecule has 0 aliphatic carbocycles. The van der Waals surface area contributed by atoms with Crippen LogP contribution in [0.4, 0.5) is 17.1 Å². The maximum absolute atomic E-state index is 6.22. The number of hydrogen-bond donors (Lipinski definition) is 3. The summed E-state index contributed by atoms with van der Waals surface area (Å²) in [4.78, 5) is 0. The van der Waals surface area contributed by atoms with E-state index in [-0.39, 0.29) is 0 Å². The van der Waals surface area contributed by atoms with Crippen molar-refractivity contribution in [3.8, 4) is 34.5 Å². The SMILES string of the molecule is Cc1cc(N)ccc1Oc1ccc(C(C)(c2ccc(Oc3ccc(N)cc3C)cc2)c2ccc(Oc3ccc(N)cc3C)cc2)cc1. The first-order valence-electron chi connectivity index (χ1n) is 15.5. The lowest BCUT2D eigenvalue weighted by atomic mass is 9.71. The molecule has 6 nitrogen and oxygen atoms in total. The molecule has 0 fully saturated rings. The van der Waals surface area contributed by atoms with Gasteiger partial charge in [0.1, 0.15) is 34.5 Å². The molecule has 0 aliphatic rings. The minimum absolute atomic E-state index is 0.513. The Morgan fingerprint density at radius 2 is 0.638 bits per heavy atom. The van der Waals surface area contributed by atoms with Crippen LogP contribution in [0.15, 0.2) is 127 Å². The number of aryl methyl sites for hydroxylation is 3. The molecule has 0 bridgehead atoms. The van der Waals surface area contributed by atoms with Crippen LogP contribution >= 0.6 is 0 Å². The monoisotopic (exact) mass is 621 g/mol. The maximum atomic E-state index is 6.22. The first-order chi connectivity index (χ1) is 22.6. The summed E-state index contributed by atoms with van der Waals surface area (Å²) in [5, 5.41) is 0. The van der Waals surface area contributed by atoms with Crippen LogP contribution in [0.2, 0.25) is 0 Å². The van der Waals surface area contributed by atoms with Gasteiger partial charge in [-0.2, -0.15) is 0 Å². The molecule has 6 aromatic rings. The van der Waals surface area contributed by atoms with E-state index in [1.165, 1.54) is 0 Å². The summed E-state index contributed by atoms with van der Waals surface area (Å²) in [6.45, 7) is 8.19. The molecule has 0 atom stereocenters. The molecule has 0 spiro atoms. The number of benzene rings is 6. The Bertz CT molecular complexity index is 1790. The summed E-state index contributed by atoms with van der Waals surface area (Å²) < 4.78 is 18.7. The zero-order valence-electron chi connectivity index (χ0n) is 27.1. The number of rotatable bonds is 9. The molecule has 6 N–H and O–H groups in total. The number of nitrogens with two attached hydrogens (primary N) is 3. The van der Waals surface area contributed by atoms with Crippen LogP contribution in [-0.2, 0) is 5.41 Å². The number of hydrogen-bond acceptors (Lipinski definition) is 6. The molecule has 0 aromatic heterocycles. The zero-order chi connectivity index (χ0) is 33.1. The Hall–Kier alpha value is -5.88. The van der Waals surface area contributed by atoms with Gasteiger partial charge in [-0.25, -0.2) is 0 Å². The van der Waals surface area contributed by atoms with Crippen molar-refractivity contribution in [3.05, 3.63) is 161 Å². The normalized spacial score (nSPS) is 11.2. The lowest BCUT2D eigenvalue weighted by Crippen LogP contribution is -2.25. The summed E-state index contributed by atoms with van der Waals surface area (Å²) in [5.41, 5.74) is 25.7. The van der Waals surface area contributed by atoms with Crippen molar-refractivity contribution >= 4 is 17.1 Å². The minimum Gasteiger partial charge on any atom is -0.457 e. The predicted octanol–water partition coefficient (Wildman–Crippen LogP) is 10.1. The molecule has 0 saturated heterocycles. The van der Waals surface area contributed by atoms with Crippen molar-refractivity contribution in [2.45, 2.75) is 33.1 Å². The second kappa shape index (κ2) is 12.9. The average Bonchev–Trinajstić information content (AvgIpc) is 3.06. The zero-order valence-corrected chi connectivity index (χ0v) is 27.1. The smallest absolute Gasteiger partial charge is 0.130 e. The molecule has 0 amide bonds. The molecular formula is C41H39N3O3. The molecule has 6 rings (SSSR count). The Labute approximate surface area is 276 Å². The van der Waals surface area contributed by atoms with E-state index in [0.29, 0.717) is 17.1 Å². The first-order valence-corrected chi connectivity index (χ1v) is 15.5. The van der Waals surface area contributed by atoms with Gasteiger partial charge in [-0.15, -0.1) is 0 Å². The Kier molecular flexibility index (Phi) is 8.51. The maximum Gasteiger partial charge on any atom is 0.130 e. The average molecular weight is 622 g/mol. The summed E-state index contributed by atoms with van der Waals surface area (Å²) >= 11 is 0. The molecule has 47 heavy (non-hydrogen) atoms. The van der Waals surface area contributed by atoms with Crippen molar-refractivity contribution < 1.29 is 14.2 Å². The fraction of sp³-hybridized carbons (Fsp3) is 0.122. The molecule has 0 unspecified atom stereocenters. The highest BCUT2D eigenvalue weighted by atomic mass is 16.5. The number of nitrogen functional groups attached to an aromatic ring is 3. The van der Waals surface area contributed by atoms with E-state index >= 15 is 0 Å². The summed E-state index contributed by atoms with van der Waals surface area (Å²) in [7, 11) is 0. The third-order valence-electron chi connectivity index (χ3n) is 8.58. The van der Waals surface area contributed by atoms with Crippen molar-refractivity contribution in [1.82, 2.24) is 0 Å². The molecule has 0 aliphatic heterocycles. The molecule has 0 heterocycles. The fourth-order valence-corrected chi connectivity index (χ4v) is 5.81. The van der Waals surface area contributed by atoms with Gasteiger partial charge in [0.25, 0.3) is 0 Å². The van der Waals surface area contributed by atoms with E-state index in [2.05, 4.69) is 43.3 Å². The highest BCUT2D eigenvalue weighted by Gasteiger charge is 2.31. The second-order valence-corrected chi connectivity index (χ2v) is 12.1. The van der Waals surface area contributed by atoms with E-state index in [9.17, 15) is 0 Å². The van der Waals surface area contributed by atoms with Gasteiger partial charge in [0, 0.05) is 22.5 Å². The van der Waals surface area contributed by atoms with Crippen molar-refractivity contribution in [1.29, 1.82) is 0 Å². The van der Waals surface area contributed by atoms with Gasteiger partial charge < -0.3 is 31.4 Å². The van der Waals surface area contributed by atoms with Gasteiger partial charge >= 0.3 is 0 Å². The minimum atomic E-state index is -0.513. The van der Waals surface area contributed by atoms with Gasteiger partial charge in [0.05, 0.1) is 0 Å². The third kappa shape index (κ3) is 6.72. The number of ether oxygens (including phenoxy) is 3. The van der Waals surface area contributed by atoms with Crippen LogP contribution in [0.1, 0.15) is 40.3 Å². The van der Waals surface area contributed by atoms with Gasteiger partial charge in [-0.05, 0) is 152 Å². The van der Waals surface area contributed by atoms with E-state index in [4.69, 9.17) is 31.4 Å². The summed E-state index contributed by atoms with van der Waals surface area (Å²) in [6, 6.07) is 41.7. The van der Waals surface area contributed by atoms with Crippen LogP contribution in [0.5, 0.6) is 34.5 Å². The molecule has 6 heteroatoms. The standard InChI is InChI=1S/C41H39N3O3/c1-26-23-32(42)11-20-38(26)45-35-14-5-29(6-15-35)41(4,30-7-16-36(17-8-30)46-39-21-12-33(43)24-27(39)2)31-9-18-37(19-10-31)47-40-22-13-34(44)25-28(40)3/h5-25H,42-44H2,1-4H3.